The number of ether oxygens (including phenoxy) is 6. The number of aliphatic carboxylic acids is 1. The van der Waals surface area contributed by atoms with Crippen LogP contribution in [-0.2, 0) is 23.7 Å². The van der Waals surface area contributed by atoms with Gasteiger partial charge in [0.05, 0.1) is 13.2 Å². The zero-order valence-corrected chi connectivity index (χ0v) is 25.0. The number of hydrogen-bond donors (Lipinski definition) is 2. The van der Waals surface area contributed by atoms with E-state index in [1.807, 2.05) is 34.6 Å². The van der Waals surface area contributed by atoms with Gasteiger partial charge in [0.1, 0.15) is 18.2 Å². The van der Waals surface area contributed by atoms with Crippen molar-refractivity contribution in [3.63, 3.8) is 0 Å². The Labute approximate surface area is 241 Å². The zero-order valence-electron chi connectivity index (χ0n) is 25.0. The van der Waals surface area contributed by atoms with Crippen LogP contribution < -0.4 is 15.2 Å². The second-order valence-electron chi connectivity index (χ2n) is 10.7. The molecule has 0 aromatic heterocycles. The summed E-state index contributed by atoms with van der Waals surface area (Å²) in [6.45, 7) is 13.3. The Morgan fingerprint density at radius 2 is 1.29 bits per heavy atom. The van der Waals surface area contributed by atoms with Crippen molar-refractivity contribution in [3.8, 4) is 11.5 Å². The van der Waals surface area contributed by atoms with E-state index >= 15 is 0 Å². The predicted molar refractivity (Wildman–Crippen MR) is 149 cm³/mol. The SMILES string of the molecule is CCC(C)OC(=O)OC(C)CC(c1ccc(OC(=O)OCCC(C)C)c(OC(=O)OCCC(C)C)c1)[C@H](N)C(=O)O. The number of benzene rings is 1. The molecule has 12 heteroatoms. The molecular formula is C29H45NO11. The van der Waals surface area contributed by atoms with E-state index in [4.69, 9.17) is 34.2 Å². The highest BCUT2D eigenvalue weighted by atomic mass is 16.7. The van der Waals surface area contributed by atoms with Crippen molar-refractivity contribution in [2.75, 3.05) is 13.2 Å². The monoisotopic (exact) mass is 583 g/mol. The second kappa shape index (κ2) is 18.0. The van der Waals surface area contributed by atoms with Crippen LogP contribution in [0, 0.1) is 11.8 Å². The average molecular weight is 584 g/mol. The molecule has 1 rings (SSSR count). The zero-order chi connectivity index (χ0) is 31.1. The Morgan fingerprint density at radius 1 is 0.780 bits per heavy atom. The molecule has 0 heterocycles. The topological polar surface area (TPSA) is 170 Å². The van der Waals surface area contributed by atoms with Crippen molar-refractivity contribution in [1.29, 1.82) is 0 Å². The lowest BCUT2D eigenvalue weighted by atomic mass is 9.87. The Hall–Kier alpha value is -3.54. The summed E-state index contributed by atoms with van der Waals surface area (Å²) in [5.74, 6) is -1.95. The molecule has 0 fully saturated rings. The summed E-state index contributed by atoms with van der Waals surface area (Å²) < 4.78 is 31.2. The summed E-state index contributed by atoms with van der Waals surface area (Å²) in [7, 11) is 0. The number of carboxylic acids is 1. The first kappa shape index (κ1) is 35.5. The predicted octanol–water partition coefficient (Wildman–Crippen LogP) is 6.04. The lowest BCUT2D eigenvalue weighted by Gasteiger charge is -2.25. The number of rotatable bonds is 16. The molecule has 0 saturated heterocycles. The van der Waals surface area contributed by atoms with Crippen LogP contribution in [0.25, 0.3) is 0 Å². The normalized spacial score (nSPS) is 14.0. The number of carbonyl (C=O) groups excluding carboxylic acids is 3. The Bertz CT molecular complexity index is 995. The van der Waals surface area contributed by atoms with Gasteiger partial charge in [0.2, 0.25) is 0 Å². The van der Waals surface area contributed by atoms with Gasteiger partial charge in [0, 0.05) is 5.92 Å². The van der Waals surface area contributed by atoms with Gasteiger partial charge in [-0.2, -0.15) is 0 Å². The van der Waals surface area contributed by atoms with Crippen LogP contribution in [0.3, 0.4) is 0 Å². The molecule has 0 radical (unpaired) electrons. The Morgan fingerprint density at radius 3 is 1.78 bits per heavy atom. The van der Waals surface area contributed by atoms with Crippen LogP contribution >= 0.6 is 0 Å². The highest BCUT2D eigenvalue weighted by Crippen LogP contribution is 2.35. The van der Waals surface area contributed by atoms with Crippen LogP contribution in [0.15, 0.2) is 18.2 Å². The fourth-order valence-corrected chi connectivity index (χ4v) is 3.42. The average Bonchev–Trinajstić information content (AvgIpc) is 2.87. The third kappa shape index (κ3) is 14.1. The van der Waals surface area contributed by atoms with Gasteiger partial charge in [0.15, 0.2) is 11.5 Å². The van der Waals surface area contributed by atoms with Crippen molar-refractivity contribution in [2.24, 2.45) is 17.6 Å². The summed E-state index contributed by atoms with van der Waals surface area (Å²) in [6.07, 6.45) is -2.23. The molecule has 0 aliphatic heterocycles. The van der Waals surface area contributed by atoms with E-state index in [9.17, 15) is 24.3 Å². The molecule has 1 aromatic carbocycles. The lowest BCUT2D eigenvalue weighted by molar-refractivity contribution is -0.139. The van der Waals surface area contributed by atoms with Crippen LogP contribution in [0.5, 0.6) is 11.5 Å². The maximum atomic E-state index is 12.4. The molecule has 3 N–H and O–H groups in total. The van der Waals surface area contributed by atoms with E-state index in [-0.39, 0.29) is 43.2 Å². The molecule has 232 valence electrons. The Balaban J connectivity index is 3.25. The minimum Gasteiger partial charge on any atom is -0.480 e. The second-order valence-corrected chi connectivity index (χ2v) is 10.7. The fraction of sp³-hybridized carbons (Fsp3) is 0.655. The summed E-state index contributed by atoms with van der Waals surface area (Å²) in [5.41, 5.74) is 6.34. The van der Waals surface area contributed by atoms with E-state index in [0.29, 0.717) is 30.7 Å². The molecule has 12 nitrogen and oxygen atoms in total. The minimum absolute atomic E-state index is 0.00120. The summed E-state index contributed by atoms with van der Waals surface area (Å²) in [5, 5.41) is 9.66. The van der Waals surface area contributed by atoms with Gasteiger partial charge in [-0.25, -0.2) is 14.4 Å². The highest BCUT2D eigenvalue weighted by molar-refractivity contribution is 5.75. The molecule has 0 amide bonds. The molecule has 41 heavy (non-hydrogen) atoms. The van der Waals surface area contributed by atoms with Gasteiger partial charge in [-0.1, -0.05) is 40.7 Å². The third-order valence-electron chi connectivity index (χ3n) is 6.09. The number of nitrogens with two attached hydrogens (primary N) is 1. The van der Waals surface area contributed by atoms with Crippen LogP contribution in [0.4, 0.5) is 14.4 Å². The maximum absolute atomic E-state index is 12.4. The minimum atomic E-state index is -1.41. The van der Waals surface area contributed by atoms with E-state index in [1.54, 1.807) is 13.8 Å². The van der Waals surface area contributed by atoms with Gasteiger partial charge < -0.3 is 39.3 Å². The largest absolute Gasteiger partial charge is 0.513 e. The van der Waals surface area contributed by atoms with Crippen molar-refractivity contribution >= 4 is 24.4 Å². The first-order valence-corrected chi connectivity index (χ1v) is 13.9. The van der Waals surface area contributed by atoms with E-state index in [1.165, 1.54) is 18.2 Å². The maximum Gasteiger partial charge on any atom is 0.513 e. The van der Waals surface area contributed by atoms with E-state index < -0.39 is 42.5 Å². The van der Waals surface area contributed by atoms with Crippen LogP contribution in [-0.4, -0.2) is 61.0 Å². The first-order valence-electron chi connectivity index (χ1n) is 13.9. The van der Waals surface area contributed by atoms with E-state index in [0.717, 1.165) is 0 Å². The molecule has 0 spiro atoms. The number of carbonyl (C=O) groups is 4. The number of carboxylic acid groups (broad SMARTS) is 1. The molecule has 0 bridgehead atoms. The van der Waals surface area contributed by atoms with E-state index in [2.05, 4.69) is 0 Å². The number of hydrogen-bond acceptors (Lipinski definition) is 11. The molecule has 4 atom stereocenters. The summed E-state index contributed by atoms with van der Waals surface area (Å²) in [6, 6.07) is 2.73. The molecule has 1 aromatic rings. The van der Waals surface area contributed by atoms with Gasteiger partial charge in [-0.05, 0) is 69.1 Å². The van der Waals surface area contributed by atoms with Gasteiger partial charge in [-0.15, -0.1) is 0 Å². The van der Waals surface area contributed by atoms with Gasteiger partial charge >= 0.3 is 24.4 Å². The third-order valence-corrected chi connectivity index (χ3v) is 6.09. The van der Waals surface area contributed by atoms with Crippen molar-refractivity contribution in [3.05, 3.63) is 23.8 Å². The first-order chi connectivity index (χ1) is 19.2. The van der Waals surface area contributed by atoms with Crippen LogP contribution in [0.1, 0.15) is 85.6 Å². The molecule has 0 aliphatic carbocycles. The smallest absolute Gasteiger partial charge is 0.480 e. The standard InChI is InChI=1S/C29H45NO11/c1-8-19(6)38-29(35)39-20(7)15-22(25(30)26(31)32)21-9-10-23(40-27(33)36-13-11-17(2)3)24(16-21)41-28(34)37-14-12-18(4)5/h9-10,16-20,22,25H,8,11-15,30H2,1-7H3,(H,31,32)/t19?,20?,22?,25-/m0/s1. The Kier molecular flexibility index (Phi) is 15.6. The van der Waals surface area contributed by atoms with Crippen molar-refractivity contribution in [1.82, 2.24) is 0 Å². The van der Waals surface area contributed by atoms with Gasteiger partial charge in [0.25, 0.3) is 0 Å². The fourth-order valence-electron chi connectivity index (χ4n) is 3.42. The summed E-state index contributed by atoms with van der Waals surface area (Å²) >= 11 is 0. The van der Waals surface area contributed by atoms with Crippen molar-refractivity contribution < 1.29 is 52.7 Å². The molecule has 0 saturated carbocycles. The highest BCUT2D eigenvalue weighted by Gasteiger charge is 2.30. The van der Waals surface area contributed by atoms with Gasteiger partial charge in [-0.3, -0.25) is 4.79 Å². The van der Waals surface area contributed by atoms with Crippen molar-refractivity contribution in [2.45, 2.75) is 98.3 Å². The molecular weight excluding hydrogens is 538 g/mol. The summed E-state index contributed by atoms with van der Waals surface area (Å²) in [4.78, 5) is 48.6. The van der Waals surface area contributed by atoms with Crippen LogP contribution in [0.2, 0.25) is 0 Å². The quantitative estimate of drug-likeness (QED) is 0.132. The molecule has 3 unspecified atom stereocenters. The lowest BCUT2D eigenvalue weighted by Crippen LogP contribution is -2.38. The molecule has 0 aliphatic rings.